The van der Waals surface area contributed by atoms with E-state index in [4.69, 9.17) is 4.52 Å². The molecule has 1 unspecified atom stereocenters. The third-order valence-electron chi connectivity index (χ3n) is 3.86. The zero-order chi connectivity index (χ0) is 17.9. The van der Waals surface area contributed by atoms with E-state index in [2.05, 4.69) is 15.6 Å². The molecule has 3 aromatic rings. The highest BCUT2D eigenvalue weighted by atomic mass is 16.5. The van der Waals surface area contributed by atoms with Gasteiger partial charge in [0.15, 0.2) is 11.5 Å². The Kier molecular flexibility index (Phi) is 4.67. The number of carbonyl (C=O) groups excluding carboxylic acids is 1. The van der Waals surface area contributed by atoms with Crippen LogP contribution in [0.2, 0.25) is 0 Å². The van der Waals surface area contributed by atoms with Crippen molar-refractivity contribution in [1.29, 1.82) is 0 Å². The van der Waals surface area contributed by atoms with Gasteiger partial charge in [-0.1, -0.05) is 35.5 Å². The summed E-state index contributed by atoms with van der Waals surface area (Å²) in [6.45, 7) is 4.06. The molecule has 7 nitrogen and oxygen atoms in total. The molecular weight excluding hydrogens is 320 g/mol. The van der Waals surface area contributed by atoms with Gasteiger partial charge in [-0.2, -0.15) is 5.10 Å². The Morgan fingerprint density at radius 1 is 1.36 bits per heavy atom. The Morgan fingerprint density at radius 3 is 2.80 bits per heavy atom. The number of hydrogen-bond acceptors (Lipinski definition) is 5. The smallest absolute Gasteiger partial charge is 0.273 e. The maximum Gasteiger partial charge on any atom is 0.273 e. The Hall–Kier alpha value is -2.93. The Morgan fingerprint density at radius 2 is 2.12 bits per heavy atom. The van der Waals surface area contributed by atoms with Crippen LogP contribution in [0.25, 0.3) is 0 Å². The van der Waals surface area contributed by atoms with Crippen LogP contribution < -0.4 is 5.32 Å². The van der Waals surface area contributed by atoms with Crippen molar-refractivity contribution in [3.05, 3.63) is 71.4 Å². The molecule has 2 aromatic heterocycles. The van der Waals surface area contributed by atoms with Gasteiger partial charge in [0.05, 0.1) is 12.7 Å². The number of benzene rings is 1. The van der Waals surface area contributed by atoms with E-state index < -0.39 is 11.5 Å². The van der Waals surface area contributed by atoms with Gasteiger partial charge in [0, 0.05) is 12.3 Å². The van der Waals surface area contributed by atoms with Crippen molar-refractivity contribution >= 4 is 5.91 Å². The summed E-state index contributed by atoms with van der Waals surface area (Å²) in [6.07, 6.45) is 3.62. The lowest BCUT2D eigenvalue weighted by Gasteiger charge is -2.23. The van der Waals surface area contributed by atoms with E-state index >= 15 is 0 Å². The number of carbonyl (C=O) groups is 1. The summed E-state index contributed by atoms with van der Waals surface area (Å²) in [7, 11) is 0. The van der Waals surface area contributed by atoms with Crippen LogP contribution in [0.4, 0.5) is 0 Å². The number of nitrogens with zero attached hydrogens (tertiary/aromatic N) is 3. The molecule has 0 saturated heterocycles. The molecule has 0 aliphatic heterocycles. The molecule has 0 saturated carbocycles. The fraction of sp³-hybridized carbons (Fsp3) is 0.278. The Balaban J connectivity index is 1.60. The van der Waals surface area contributed by atoms with Crippen LogP contribution in [0.1, 0.15) is 34.3 Å². The molecule has 0 spiro atoms. The second-order valence-corrected chi connectivity index (χ2v) is 6.22. The predicted molar refractivity (Wildman–Crippen MR) is 90.9 cm³/mol. The van der Waals surface area contributed by atoms with E-state index in [0.29, 0.717) is 12.3 Å². The van der Waals surface area contributed by atoms with Crippen LogP contribution in [0.5, 0.6) is 0 Å². The molecule has 0 aliphatic carbocycles. The number of rotatable bonds is 6. The minimum Gasteiger partial charge on any atom is -0.384 e. The third-order valence-corrected chi connectivity index (χ3v) is 3.86. The first-order chi connectivity index (χ1) is 11.9. The van der Waals surface area contributed by atoms with Crippen LogP contribution in [0.3, 0.4) is 0 Å². The van der Waals surface area contributed by atoms with Crippen molar-refractivity contribution < 1.29 is 14.4 Å². The molecule has 0 aliphatic rings. The monoisotopic (exact) mass is 340 g/mol. The van der Waals surface area contributed by atoms with Crippen LogP contribution in [-0.4, -0.2) is 32.5 Å². The molecule has 130 valence electrons. The van der Waals surface area contributed by atoms with Crippen LogP contribution >= 0.6 is 0 Å². The van der Waals surface area contributed by atoms with Gasteiger partial charge in [-0.05, 0) is 25.0 Å². The molecule has 0 fully saturated rings. The van der Waals surface area contributed by atoms with Gasteiger partial charge >= 0.3 is 0 Å². The molecule has 1 atom stereocenters. The van der Waals surface area contributed by atoms with Gasteiger partial charge in [-0.25, -0.2) is 0 Å². The molecule has 0 bridgehead atoms. The first-order valence-corrected chi connectivity index (χ1v) is 7.95. The maximum atomic E-state index is 12.2. The lowest BCUT2D eigenvalue weighted by atomic mass is 9.96. The van der Waals surface area contributed by atoms with E-state index in [1.807, 2.05) is 43.5 Å². The van der Waals surface area contributed by atoms with Crippen LogP contribution in [0, 0.1) is 6.92 Å². The van der Waals surface area contributed by atoms with E-state index in [9.17, 15) is 9.90 Å². The lowest BCUT2D eigenvalue weighted by Crippen LogP contribution is -2.38. The van der Waals surface area contributed by atoms with Crippen LogP contribution in [0.15, 0.2) is 53.3 Å². The van der Waals surface area contributed by atoms with Crippen molar-refractivity contribution in [1.82, 2.24) is 20.3 Å². The maximum absolute atomic E-state index is 12.2. The highest BCUT2D eigenvalue weighted by Gasteiger charge is 2.24. The zero-order valence-electron chi connectivity index (χ0n) is 14.1. The summed E-state index contributed by atoms with van der Waals surface area (Å²) in [5, 5.41) is 21.1. The van der Waals surface area contributed by atoms with Crippen molar-refractivity contribution in [2.75, 3.05) is 6.54 Å². The van der Waals surface area contributed by atoms with Gasteiger partial charge in [0.1, 0.15) is 12.1 Å². The Labute approximate surface area is 145 Å². The molecule has 2 heterocycles. The summed E-state index contributed by atoms with van der Waals surface area (Å²) < 4.78 is 6.89. The second kappa shape index (κ2) is 6.90. The van der Waals surface area contributed by atoms with E-state index in [1.54, 1.807) is 23.9 Å². The van der Waals surface area contributed by atoms with Gasteiger partial charge in [0.2, 0.25) is 0 Å². The molecule has 2 N–H and O–H groups in total. The average Bonchev–Trinajstić information content (AvgIpc) is 3.23. The second-order valence-electron chi connectivity index (χ2n) is 6.22. The molecule has 1 amide bonds. The summed E-state index contributed by atoms with van der Waals surface area (Å²) >= 11 is 0. The van der Waals surface area contributed by atoms with Crippen LogP contribution in [-0.2, 0) is 12.1 Å². The highest BCUT2D eigenvalue weighted by Crippen LogP contribution is 2.19. The SMILES string of the molecule is Cc1cnn(Cc2cc(C(=O)NCC(C)(O)c3ccccc3)no2)c1. The number of hydrogen-bond donors (Lipinski definition) is 2. The minimum atomic E-state index is -1.17. The minimum absolute atomic E-state index is 0.0659. The van der Waals surface area contributed by atoms with E-state index in [-0.39, 0.29) is 12.2 Å². The molecule has 25 heavy (non-hydrogen) atoms. The lowest BCUT2D eigenvalue weighted by molar-refractivity contribution is 0.0524. The molecule has 7 heteroatoms. The van der Waals surface area contributed by atoms with E-state index in [0.717, 1.165) is 11.1 Å². The average molecular weight is 340 g/mol. The standard InChI is InChI=1S/C18H20N4O3/c1-13-9-20-22(10-13)11-15-8-16(21-25-15)17(23)19-12-18(2,24)14-6-4-3-5-7-14/h3-10,24H,11-12H2,1-2H3,(H,19,23). The first-order valence-electron chi connectivity index (χ1n) is 7.95. The fourth-order valence-corrected chi connectivity index (χ4v) is 2.45. The van der Waals surface area contributed by atoms with Gasteiger partial charge in [-0.15, -0.1) is 0 Å². The third kappa shape index (κ3) is 4.13. The summed E-state index contributed by atoms with van der Waals surface area (Å²) in [4.78, 5) is 12.2. The van der Waals surface area contributed by atoms with Crippen molar-refractivity contribution in [2.45, 2.75) is 26.0 Å². The summed E-state index contributed by atoms with van der Waals surface area (Å²) in [5.41, 5.74) is 0.768. The van der Waals surface area contributed by atoms with Crippen molar-refractivity contribution in [3.63, 3.8) is 0 Å². The van der Waals surface area contributed by atoms with Gasteiger partial charge in [-0.3, -0.25) is 9.48 Å². The molecule has 0 radical (unpaired) electrons. The van der Waals surface area contributed by atoms with Crippen molar-refractivity contribution in [3.8, 4) is 0 Å². The number of nitrogens with one attached hydrogen (secondary N) is 1. The quantitative estimate of drug-likeness (QED) is 0.714. The Bertz CT molecular complexity index is 852. The summed E-state index contributed by atoms with van der Waals surface area (Å²) in [5.74, 6) is 0.130. The number of aliphatic hydroxyl groups is 1. The predicted octanol–water partition coefficient (Wildman–Crippen LogP) is 1.87. The molecule has 3 rings (SSSR count). The topological polar surface area (TPSA) is 93.2 Å². The summed E-state index contributed by atoms with van der Waals surface area (Å²) in [6, 6.07) is 10.7. The molecule has 1 aromatic carbocycles. The van der Waals surface area contributed by atoms with E-state index in [1.165, 1.54) is 0 Å². The van der Waals surface area contributed by atoms with Crippen molar-refractivity contribution in [2.24, 2.45) is 0 Å². The highest BCUT2D eigenvalue weighted by molar-refractivity contribution is 5.92. The normalized spacial score (nSPS) is 13.4. The molecular formula is C18H20N4O3. The zero-order valence-corrected chi connectivity index (χ0v) is 14.1. The largest absolute Gasteiger partial charge is 0.384 e. The fourth-order valence-electron chi connectivity index (χ4n) is 2.45. The number of aryl methyl sites for hydroxylation is 1. The number of amides is 1. The first kappa shape index (κ1) is 16.9. The van der Waals surface area contributed by atoms with Gasteiger partial charge < -0.3 is 14.9 Å². The number of aromatic nitrogens is 3. The van der Waals surface area contributed by atoms with Gasteiger partial charge in [0.25, 0.3) is 5.91 Å².